The molecular formula is C9H19CaNO8. The van der Waals surface area contributed by atoms with Crippen LogP contribution in [0.2, 0.25) is 0 Å². The first kappa shape index (κ1) is 19.4. The number of hydrogen-bond donors (Lipinski definition) is 7. The quantitative estimate of drug-likeness (QED) is 0.254. The second kappa shape index (κ2) is 7.46. The molecule has 0 amide bonds. The number of carbonyl (C=O) groups is 1. The minimum atomic E-state index is -2.70. The maximum atomic E-state index is 10.8. The first-order chi connectivity index (χ1) is 8.23. The third-order valence-corrected chi connectivity index (χ3v) is 2.89. The molecule has 1 heterocycles. The minimum Gasteiger partial charge on any atom is -1.00 e. The first-order valence-electron chi connectivity index (χ1n) is 5.27. The van der Waals surface area contributed by atoms with Crippen LogP contribution in [0.1, 0.15) is 9.27 Å². The zero-order valence-corrected chi connectivity index (χ0v) is 12.3. The summed E-state index contributed by atoms with van der Waals surface area (Å²) in [6.45, 7) is -0.810. The largest absolute Gasteiger partial charge is 2.00 e. The van der Waals surface area contributed by atoms with E-state index in [2.05, 4.69) is 0 Å². The fourth-order valence-corrected chi connectivity index (χ4v) is 1.75. The van der Waals surface area contributed by atoms with E-state index in [1.165, 1.54) is 0 Å². The smallest absolute Gasteiger partial charge is 1.00 e. The maximum Gasteiger partial charge on any atom is 2.00 e. The van der Waals surface area contributed by atoms with Crippen molar-refractivity contribution in [3.05, 3.63) is 0 Å². The van der Waals surface area contributed by atoms with E-state index < -0.39 is 55.2 Å². The number of rotatable bonds is 4. The van der Waals surface area contributed by atoms with E-state index in [4.69, 9.17) is 20.7 Å². The monoisotopic (exact) mass is 309 g/mol. The molecule has 0 aromatic heterocycles. The Morgan fingerprint density at radius 2 is 2.05 bits per heavy atom. The number of carboxylic acid groups (broad SMARTS) is 1. The molecule has 0 radical (unpaired) electrons. The summed E-state index contributed by atoms with van der Waals surface area (Å²) in [5, 5.41) is 55.5. The van der Waals surface area contributed by atoms with Gasteiger partial charge >= 0.3 is 43.7 Å². The average Bonchev–Trinajstić information content (AvgIpc) is 2.31. The molecule has 0 aromatic rings. The van der Waals surface area contributed by atoms with Crippen LogP contribution >= 0.6 is 0 Å². The van der Waals surface area contributed by atoms with Crippen molar-refractivity contribution in [2.24, 2.45) is 5.73 Å². The molecule has 8 N–H and O–H groups in total. The molecule has 110 valence electrons. The third-order valence-electron chi connectivity index (χ3n) is 2.89. The van der Waals surface area contributed by atoms with E-state index in [0.717, 1.165) is 0 Å². The molecule has 0 aliphatic carbocycles. The number of carboxylic acids is 1. The molecule has 1 saturated heterocycles. The van der Waals surface area contributed by atoms with E-state index in [9.17, 15) is 25.2 Å². The van der Waals surface area contributed by atoms with Gasteiger partial charge in [0.15, 0.2) is 0 Å². The van der Waals surface area contributed by atoms with Crippen LogP contribution in [-0.4, -0.2) is 117 Å². The maximum absolute atomic E-state index is 10.8. The molecule has 3 unspecified atom stereocenters. The molecule has 1 aliphatic heterocycles. The number of nitrogens with two attached hydrogens (primary N) is 1. The normalized spacial score (nSPS) is 38.1. The summed E-state index contributed by atoms with van der Waals surface area (Å²) in [5.41, 5.74) is 5.51. The minimum absolute atomic E-state index is 0. The van der Waals surface area contributed by atoms with Crippen LogP contribution in [0.4, 0.5) is 0 Å². The van der Waals surface area contributed by atoms with Gasteiger partial charge in [-0.05, 0) is 0 Å². The molecule has 1 fully saturated rings. The van der Waals surface area contributed by atoms with Crippen molar-refractivity contribution in [2.45, 2.75) is 42.7 Å². The van der Waals surface area contributed by atoms with Gasteiger partial charge in [0.2, 0.25) is 0 Å². The van der Waals surface area contributed by atoms with Crippen molar-refractivity contribution in [3.8, 4) is 0 Å². The Morgan fingerprint density at radius 1 is 1.53 bits per heavy atom. The van der Waals surface area contributed by atoms with Crippen LogP contribution in [0.25, 0.3) is 0 Å². The van der Waals surface area contributed by atoms with Gasteiger partial charge in [0, 0.05) is 6.42 Å². The molecule has 6 atom stereocenters. The number of hydrogen-bond acceptors (Lipinski definition) is 8. The Labute approximate surface area is 141 Å². The van der Waals surface area contributed by atoms with Gasteiger partial charge in [-0.25, -0.2) is 4.79 Å². The van der Waals surface area contributed by atoms with Crippen molar-refractivity contribution >= 4 is 43.7 Å². The molecule has 19 heavy (non-hydrogen) atoms. The van der Waals surface area contributed by atoms with Crippen LogP contribution in [0.5, 0.6) is 0 Å². The summed E-state index contributed by atoms with van der Waals surface area (Å²) >= 11 is 0. The second-order valence-corrected chi connectivity index (χ2v) is 4.26. The second-order valence-electron chi connectivity index (χ2n) is 4.26. The average molecular weight is 309 g/mol. The summed E-state index contributed by atoms with van der Waals surface area (Å²) < 4.78 is 4.75. The fraction of sp³-hybridized carbons (Fsp3) is 0.889. The van der Waals surface area contributed by atoms with Gasteiger partial charge in [-0.2, -0.15) is 0 Å². The summed E-state index contributed by atoms with van der Waals surface area (Å²) in [6, 6.07) is -1.21. The Hall–Kier alpha value is 0.450. The topological polar surface area (TPSA) is 174 Å². The van der Waals surface area contributed by atoms with Crippen LogP contribution in [0.3, 0.4) is 0 Å². The zero-order chi connectivity index (χ0) is 14.1. The van der Waals surface area contributed by atoms with Crippen LogP contribution < -0.4 is 5.73 Å². The van der Waals surface area contributed by atoms with Gasteiger partial charge in [0.05, 0.1) is 18.8 Å². The summed E-state index contributed by atoms with van der Waals surface area (Å²) in [7, 11) is 0. The number of aliphatic hydroxyl groups excluding tert-OH is 4. The Kier molecular flexibility index (Phi) is 7.63. The standard InChI is InChI=1S/C9H17NO8.Ca.2H/c10-5-3(12)1-9(17,8(15)16)18-7(5)6(14)4(13)2-11;;;/h3-7,11-14,17H,1-2,10H2,(H,15,16);;;/q;+2;2*-1/t3-,4?,5+,6?,7+,9?;;;/m0.../s1. The first-order valence-corrected chi connectivity index (χ1v) is 5.27. The molecule has 10 heteroatoms. The number of aliphatic hydroxyl groups is 5. The molecular weight excluding hydrogens is 290 g/mol. The Bertz CT molecular complexity index is 328. The van der Waals surface area contributed by atoms with Crippen molar-refractivity contribution in [3.63, 3.8) is 0 Å². The molecule has 1 aliphatic rings. The number of ether oxygens (including phenoxy) is 1. The predicted octanol–water partition coefficient (Wildman–Crippen LogP) is -4.20. The molecule has 0 bridgehead atoms. The molecule has 9 nitrogen and oxygen atoms in total. The Morgan fingerprint density at radius 3 is 2.47 bits per heavy atom. The summed E-state index contributed by atoms with van der Waals surface area (Å²) in [4.78, 5) is 10.8. The molecule has 1 rings (SSSR count). The third kappa shape index (κ3) is 4.21. The van der Waals surface area contributed by atoms with Crippen LogP contribution in [0.15, 0.2) is 0 Å². The van der Waals surface area contributed by atoms with Crippen molar-refractivity contribution in [1.82, 2.24) is 0 Å². The predicted molar refractivity (Wildman–Crippen MR) is 63.1 cm³/mol. The van der Waals surface area contributed by atoms with Gasteiger partial charge in [0.25, 0.3) is 5.79 Å². The Balaban J connectivity index is -0.00000108. The molecule has 0 aromatic carbocycles. The van der Waals surface area contributed by atoms with E-state index in [-0.39, 0.29) is 40.6 Å². The van der Waals surface area contributed by atoms with E-state index in [1.54, 1.807) is 0 Å². The van der Waals surface area contributed by atoms with E-state index in [1.807, 2.05) is 0 Å². The SMILES string of the molecule is N[C@@H]1[C@@H](O)CC(O)(C(=O)O)O[C@H]1C(O)C(O)CO.[Ca+2].[H-].[H-]. The van der Waals surface area contributed by atoms with Crippen LogP contribution in [0, 0.1) is 0 Å². The van der Waals surface area contributed by atoms with Crippen LogP contribution in [-0.2, 0) is 9.53 Å². The van der Waals surface area contributed by atoms with E-state index in [0.29, 0.717) is 0 Å². The molecule has 0 spiro atoms. The summed E-state index contributed by atoms with van der Waals surface area (Å²) in [6.07, 6.45) is -7.01. The summed E-state index contributed by atoms with van der Waals surface area (Å²) in [5.74, 6) is -4.44. The number of aliphatic carboxylic acids is 1. The molecule has 0 saturated carbocycles. The zero-order valence-electron chi connectivity index (χ0n) is 12.1. The van der Waals surface area contributed by atoms with Gasteiger partial charge in [-0.3, -0.25) is 0 Å². The van der Waals surface area contributed by atoms with Crippen molar-refractivity contribution < 1.29 is 43.0 Å². The van der Waals surface area contributed by atoms with Gasteiger partial charge in [0.1, 0.15) is 18.3 Å². The van der Waals surface area contributed by atoms with Gasteiger partial charge < -0.3 is 44.0 Å². The van der Waals surface area contributed by atoms with Gasteiger partial charge in [-0.1, -0.05) is 0 Å². The van der Waals surface area contributed by atoms with Gasteiger partial charge in [-0.15, -0.1) is 0 Å². The van der Waals surface area contributed by atoms with Crippen molar-refractivity contribution in [1.29, 1.82) is 0 Å². The fourth-order valence-electron chi connectivity index (χ4n) is 1.75. The van der Waals surface area contributed by atoms with E-state index >= 15 is 0 Å². The van der Waals surface area contributed by atoms with Crippen molar-refractivity contribution in [2.75, 3.05) is 6.61 Å².